The highest BCUT2D eigenvalue weighted by atomic mass is 32.2. The average Bonchev–Trinajstić information content (AvgIpc) is 2.93. The molecular weight excluding hydrogens is 504 g/mol. The normalized spacial score (nSPS) is 20.4. The van der Waals surface area contributed by atoms with Crippen molar-refractivity contribution < 1.29 is 13.2 Å². The van der Waals surface area contributed by atoms with Crippen LogP contribution in [0.3, 0.4) is 0 Å². The third kappa shape index (κ3) is 4.43. The van der Waals surface area contributed by atoms with Gasteiger partial charge in [0.25, 0.3) is 5.56 Å². The van der Waals surface area contributed by atoms with E-state index in [4.69, 9.17) is 4.74 Å². The lowest BCUT2D eigenvalue weighted by atomic mass is 10.1. The molecule has 0 aliphatic carbocycles. The summed E-state index contributed by atoms with van der Waals surface area (Å²) < 4.78 is 33.7. The van der Waals surface area contributed by atoms with Gasteiger partial charge < -0.3 is 15.4 Å². The standard InChI is InChI=1S/C27H24N6O4S/c28-13-20-11-21-14-30-27(31-22-7-5-17(6-8-22)23-15-29-9-10-37-23)32-25(21)33(26(20)34)24-12-18-3-1-2-4-19(18)16-38(24,35)36/h1-8,11,14,23-24,29H,9-10,12,15-16H2,(H,30,31,32). The maximum absolute atomic E-state index is 13.4. The van der Waals surface area contributed by atoms with Gasteiger partial charge in [0, 0.05) is 36.8 Å². The number of nitrogens with one attached hydrogen (secondary N) is 2. The molecule has 2 N–H and O–H groups in total. The zero-order valence-electron chi connectivity index (χ0n) is 20.3. The lowest BCUT2D eigenvalue weighted by Crippen LogP contribution is -2.36. The van der Waals surface area contributed by atoms with Crippen LogP contribution < -0.4 is 16.2 Å². The summed E-state index contributed by atoms with van der Waals surface area (Å²) in [5, 5.41) is 15.2. The number of fused-ring (bicyclic) bond motifs is 2. The summed E-state index contributed by atoms with van der Waals surface area (Å²) in [6.45, 7) is 2.25. The number of ether oxygens (including phenoxy) is 1. The first-order chi connectivity index (χ1) is 18.4. The predicted molar refractivity (Wildman–Crippen MR) is 142 cm³/mol. The number of anilines is 2. The van der Waals surface area contributed by atoms with Crippen LogP contribution in [0.4, 0.5) is 11.6 Å². The van der Waals surface area contributed by atoms with E-state index in [1.165, 1.54) is 12.3 Å². The fraction of sp³-hybridized carbons (Fsp3) is 0.259. The van der Waals surface area contributed by atoms with Crippen LogP contribution in [-0.4, -0.2) is 42.6 Å². The van der Waals surface area contributed by atoms with Crippen LogP contribution in [0.15, 0.2) is 65.6 Å². The minimum Gasteiger partial charge on any atom is -0.371 e. The van der Waals surface area contributed by atoms with Crippen LogP contribution in [0.5, 0.6) is 0 Å². The largest absolute Gasteiger partial charge is 0.371 e. The van der Waals surface area contributed by atoms with Gasteiger partial charge >= 0.3 is 0 Å². The first kappa shape index (κ1) is 24.2. The van der Waals surface area contributed by atoms with Crippen molar-refractivity contribution in [3.63, 3.8) is 0 Å². The Bertz CT molecular complexity index is 1740. The molecule has 2 unspecified atom stereocenters. The first-order valence-electron chi connectivity index (χ1n) is 12.2. The molecule has 2 aromatic carbocycles. The van der Waals surface area contributed by atoms with E-state index < -0.39 is 20.8 Å². The van der Waals surface area contributed by atoms with Crippen LogP contribution in [0.1, 0.15) is 33.7 Å². The number of sulfone groups is 1. The number of hydrogen-bond donors (Lipinski definition) is 2. The molecule has 6 rings (SSSR count). The SMILES string of the molecule is N#Cc1cc2cnc(Nc3ccc(C4CNCCO4)cc3)nc2n(C2Cc3ccccc3CS2(=O)=O)c1=O. The maximum atomic E-state index is 13.4. The molecule has 4 aromatic rings. The van der Waals surface area contributed by atoms with Gasteiger partial charge in [0.15, 0.2) is 9.84 Å². The second-order valence-electron chi connectivity index (χ2n) is 9.36. The third-order valence-corrected chi connectivity index (χ3v) is 8.85. The molecule has 2 aliphatic heterocycles. The van der Waals surface area contributed by atoms with Crippen molar-refractivity contribution in [3.8, 4) is 6.07 Å². The Morgan fingerprint density at radius 2 is 1.92 bits per heavy atom. The van der Waals surface area contributed by atoms with Crippen LogP contribution in [0.2, 0.25) is 0 Å². The van der Waals surface area contributed by atoms with Gasteiger partial charge in [0.05, 0.1) is 18.5 Å². The molecule has 38 heavy (non-hydrogen) atoms. The van der Waals surface area contributed by atoms with Gasteiger partial charge in [-0.2, -0.15) is 10.2 Å². The van der Waals surface area contributed by atoms with Gasteiger partial charge in [-0.3, -0.25) is 9.36 Å². The molecule has 192 valence electrons. The summed E-state index contributed by atoms with van der Waals surface area (Å²) in [6, 6.07) is 18.2. The van der Waals surface area contributed by atoms with Crippen LogP contribution in [-0.2, 0) is 26.7 Å². The smallest absolute Gasteiger partial charge is 0.271 e. The number of pyridine rings is 1. The fourth-order valence-corrected chi connectivity index (χ4v) is 6.85. The Hall–Kier alpha value is -4.11. The number of aromatic nitrogens is 3. The summed E-state index contributed by atoms with van der Waals surface area (Å²) in [6.07, 6.45) is 1.58. The quantitative estimate of drug-likeness (QED) is 0.409. The number of benzene rings is 2. The van der Waals surface area contributed by atoms with E-state index in [0.29, 0.717) is 17.6 Å². The summed E-state index contributed by atoms with van der Waals surface area (Å²) >= 11 is 0. The van der Waals surface area contributed by atoms with E-state index >= 15 is 0 Å². The number of nitrogens with zero attached hydrogens (tertiary/aromatic N) is 4. The van der Waals surface area contributed by atoms with Gasteiger partial charge in [-0.1, -0.05) is 36.4 Å². The highest BCUT2D eigenvalue weighted by molar-refractivity contribution is 7.90. The second-order valence-corrected chi connectivity index (χ2v) is 11.5. The van der Waals surface area contributed by atoms with Crippen LogP contribution >= 0.6 is 0 Å². The van der Waals surface area contributed by atoms with Crippen molar-refractivity contribution in [3.05, 3.63) is 93.4 Å². The van der Waals surface area contributed by atoms with Crippen molar-refractivity contribution in [2.75, 3.05) is 25.0 Å². The molecule has 2 aromatic heterocycles. The predicted octanol–water partition coefficient (Wildman–Crippen LogP) is 2.74. The number of nitriles is 1. The molecule has 0 spiro atoms. The molecule has 4 heterocycles. The van der Waals surface area contributed by atoms with Gasteiger partial charge in [-0.15, -0.1) is 0 Å². The van der Waals surface area contributed by atoms with Gasteiger partial charge in [-0.05, 0) is 34.9 Å². The summed E-state index contributed by atoms with van der Waals surface area (Å²) in [5.74, 6) is 0.00807. The number of morpholine rings is 1. The van der Waals surface area contributed by atoms with Gasteiger partial charge in [0.1, 0.15) is 22.7 Å². The number of rotatable bonds is 4. The first-order valence-corrected chi connectivity index (χ1v) is 13.9. The molecule has 1 fully saturated rings. The van der Waals surface area contributed by atoms with Crippen LogP contribution in [0.25, 0.3) is 11.0 Å². The summed E-state index contributed by atoms with van der Waals surface area (Å²) in [5.41, 5.74) is 2.62. The molecule has 2 atom stereocenters. The number of hydrogen-bond acceptors (Lipinski definition) is 9. The van der Waals surface area contributed by atoms with Crippen molar-refractivity contribution >= 4 is 32.5 Å². The van der Waals surface area contributed by atoms with E-state index in [9.17, 15) is 18.5 Å². The molecule has 2 aliphatic rings. The zero-order chi connectivity index (χ0) is 26.3. The average molecular weight is 529 g/mol. The molecule has 0 amide bonds. The maximum Gasteiger partial charge on any atom is 0.271 e. The lowest BCUT2D eigenvalue weighted by molar-refractivity contribution is 0.0277. The van der Waals surface area contributed by atoms with Gasteiger partial charge in [-0.25, -0.2) is 13.4 Å². The van der Waals surface area contributed by atoms with Crippen molar-refractivity contribution in [2.24, 2.45) is 0 Å². The van der Waals surface area contributed by atoms with Crippen molar-refractivity contribution in [1.29, 1.82) is 5.26 Å². The Morgan fingerprint density at radius 1 is 1.13 bits per heavy atom. The minimum atomic E-state index is -3.76. The monoisotopic (exact) mass is 528 g/mol. The molecular formula is C27H24N6O4S. The minimum absolute atomic E-state index is 0.0129. The molecule has 10 nitrogen and oxygen atoms in total. The Morgan fingerprint density at radius 3 is 2.66 bits per heavy atom. The second kappa shape index (κ2) is 9.64. The zero-order valence-corrected chi connectivity index (χ0v) is 21.1. The molecule has 0 bridgehead atoms. The molecule has 11 heteroatoms. The Labute approximate surface area is 218 Å². The van der Waals surface area contributed by atoms with E-state index in [1.54, 1.807) is 12.1 Å². The van der Waals surface area contributed by atoms with Crippen LogP contribution in [0, 0.1) is 11.3 Å². The van der Waals surface area contributed by atoms with Crippen molar-refractivity contribution in [1.82, 2.24) is 19.9 Å². The third-order valence-electron chi connectivity index (χ3n) is 6.93. The molecule has 0 saturated carbocycles. The van der Waals surface area contributed by atoms with Gasteiger partial charge in [0.2, 0.25) is 5.95 Å². The highest BCUT2D eigenvalue weighted by Crippen LogP contribution is 2.33. The van der Waals surface area contributed by atoms with E-state index in [2.05, 4.69) is 20.6 Å². The lowest BCUT2D eigenvalue weighted by Gasteiger charge is -2.27. The van der Waals surface area contributed by atoms with E-state index in [-0.39, 0.29) is 35.4 Å². The topological polar surface area (TPSA) is 139 Å². The van der Waals surface area contributed by atoms with Crippen molar-refractivity contribution in [2.45, 2.75) is 23.7 Å². The summed E-state index contributed by atoms with van der Waals surface area (Å²) in [7, 11) is -3.76. The Kier molecular flexibility index (Phi) is 6.15. The summed E-state index contributed by atoms with van der Waals surface area (Å²) in [4.78, 5) is 22.2. The highest BCUT2D eigenvalue weighted by Gasteiger charge is 2.36. The molecule has 1 saturated heterocycles. The molecule has 0 radical (unpaired) electrons. The van der Waals surface area contributed by atoms with E-state index in [0.717, 1.165) is 34.5 Å². The van der Waals surface area contributed by atoms with E-state index in [1.807, 2.05) is 42.5 Å². The Balaban J connectivity index is 1.39. The fourth-order valence-electron chi connectivity index (χ4n) is 4.99.